The van der Waals surface area contributed by atoms with Crippen molar-refractivity contribution in [1.82, 2.24) is 0 Å². The highest BCUT2D eigenvalue weighted by atomic mass is 32.2. The van der Waals surface area contributed by atoms with Gasteiger partial charge in [-0.1, -0.05) is 13.3 Å². The standard InChI is InChI=1S/C5H10O2.C4H8S.CH4O/c1-2-3-4-5(6)7;1-2-4-5-3-1;1-2/h2-4H2,1H3,(H,6,7);1-4H2;2H,1H3. The van der Waals surface area contributed by atoms with Gasteiger partial charge >= 0.3 is 5.97 Å². The molecule has 3 nitrogen and oxygen atoms in total. The normalized spacial score (nSPS) is 13.4. The maximum absolute atomic E-state index is 9.76. The zero-order chi connectivity index (χ0) is 11.2. The molecule has 0 amide bonds. The van der Waals surface area contributed by atoms with Crippen LogP contribution in [0.3, 0.4) is 0 Å². The molecular weight excluding hydrogens is 200 g/mol. The Labute approximate surface area is 90.9 Å². The topological polar surface area (TPSA) is 57.5 Å². The van der Waals surface area contributed by atoms with E-state index in [4.69, 9.17) is 10.2 Å². The van der Waals surface area contributed by atoms with E-state index in [1.54, 1.807) is 0 Å². The second-order valence-electron chi connectivity index (χ2n) is 2.82. The van der Waals surface area contributed by atoms with Crippen LogP contribution >= 0.6 is 11.8 Å². The zero-order valence-corrected chi connectivity index (χ0v) is 9.98. The van der Waals surface area contributed by atoms with Crippen molar-refractivity contribution in [3.63, 3.8) is 0 Å². The minimum absolute atomic E-state index is 0.316. The predicted molar refractivity (Wildman–Crippen MR) is 61.9 cm³/mol. The summed E-state index contributed by atoms with van der Waals surface area (Å²) in [7, 11) is 1.00. The number of hydrogen-bond acceptors (Lipinski definition) is 3. The molecule has 0 bridgehead atoms. The van der Waals surface area contributed by atoms with Gasteiger partial charge < -0.3 is 10.2 Å². The van der Waals surface area contributed by atoms with Gasteiger partial charge in [-0.05, 0) is 30.8 Å². The van der Waals surface area contributed by atoms with Gasteiger partial charge in [0.25, 0.3) is 0 Å². The van der Waals surface area contributed by atoms with Crippen molar-refractivity contribution in [2.24, 2.45) is 0 Å². The molecule has 1 aliphatic rings. The van der Waals surface area contributed by atoms with Crippen molar-refractivity contribution in [2.75, 3.05) is 18.6 Å². The molecule has 0 atom stereocenters. The lowest BCUT2D eigenvalue weighted by Crippen LogP contribution is -1.91. The second-order valence-corrected chi connectivity index (χ2v) is 4.04. The SMILES string of the molecule is C1CCSC1.CCCCC(=O)O.CO. The van der Waals surface area contributed by atoms with E-state index in [9.17, 15) is 4.79 Å². The van der Waals surface area contributed by atoms with Crippen molar-refractivity contribution >= 4 is 17.7 Å². The first-order valence-electron chi connectivity index (χ1n) is 5.01. The average Bonchev–Trinajstić information content (AvgIpc) is 2.76. The number of thioether (sulfide) groups is 1. The fraction of sp³-hybridized carbons (Fsp3) is 0.900. The largest absolute Gasteiger partial charge is 0.481 e. The third kappa shape index (κ3) is 17.8. The van der Waals surface area contributed by atoms with E-state index >= 15 is 0 Å². The number of rotatable bonds is 3. The first kappa shape index (κ1) is 16.2. The van der Waals surface area contributed by atoms with Gasteiger partial charge in [0.05, 0.1) is 0 Å². The number of aliphatic hydroxyl groups is 1. The summed E-state index contributed by atoms with van der Waals surface area (Å²) in [6, 6.07) is 0. The number of aliphatic hydroxyl groups excluding tert-OH is 1. The third-order valence-corrected chi connectivity index (χ3v) is 2.73. The Kier molecular flexibility index (Phi) is 17.7. The predicted octanol–water partition coefficient (Wildman–Crippen LogP) is 2.38. The van der Waals surface area contributed by atoms with Gasteiger partial charge in [0, 0.05) is 13.5 Å². The molecule has 0 aromatic heterocycles. The molecule has 0 unspecified atom stereocenters. The quantitative estimate of drug-likeness (QED) is 0.769. The molecule has 4 heteroatoms. The Morgan fingerprint density at radius 2 is 1.79 bits per heavy atom. The van der Waals surface area contributed by atoms with Crippen LogP contribution in [0, 0.1) is 0 Å². The Bertz CT molecular complexity index is 106. The van der Waals surface area contributed by atoms with E-state index < -0.39 is 5.97 Å². The van der Waals surface area contributed by atoms with Crippen LogP contribution < -0.4 is 0 Å². The molecule has 0 aromatic carbocycles. The highest BCUT2D eigenvalue weighted by Gasteiger charge is 1.95. The van der Waals surface area contributed by atoms with Crippen molar-refractivity contribution in [2.45, 2.75) is 39.0 Å². The lowest BCUT2D eigenvalue weighted by atomic mass is 10.3. The molecule has 0 aliphatic carbocycles. The van der Waals surface area contributed by atoms with Gasteiger partial charge in [0.15, 0.2) is 0 Å². The van der Waals surface area contributed by atoms with Crippen molar-refractivity contribution in [3.8, 4) is 0 Å². The van der Waals surface area contributed by atoms with E-state index in [1.807, 2.05) is 6.92 Å². The van der Waals surface area contributed by atoms with Gasteiger partial charge in [-0.3, -0.25) is 4.79 Å². The summed E-state index contributed by atoms with van der Waals surface area (Å²) >= 11 is 2.07. The van der Waals surface area contributed by atoms with Crippen LogP contribution in [0.5, 0.6) is 0 Å². The Morgan fingerprint density at radius 1 is 1.29 bits per heavy atom. The summed E-state index contributed by atoms with van der Waals surface area (Å²) in [6.45, 7) is 1.98. The first-order chi connectivity index (χ1) is 6.77. The molecule has 2 N–H and O–H groups in total. The Hall–Kier alpha value is -0.220. The highest BCUT2D eigenvalue weighted by Crippen LogP contribution is 2.14. The maximum Gasteiger partial charge on any atom is 0.303 e. The zero-order valence-electron chi connectivity index (χ0n) is 9.16. The summed E-state index contributed by atoms with van der Waals surface area (Å²) in [5.74, 6) is 2.14. The Balaban J connectivity index is 0. The van der Waals surface area contributed by atoms with Crippen molar-refractivity contribution in [1.29, 1.82) is 0 Å². The number of unbranched alkanes of at least 4 members (excludes halogenated alkanes) is 1. The minimum Gasteiger partial charge on any atom is -0.481 e. The molecule has 14 heavy (non-hydrogen) atoms. The van der Waals surface area contributed by atoms with Crippen LogP contribution in [0.25, 0.3) is 0 Å². The molecule has 0 aromatic rings. The molecule has 0 radical (unpaired) electrons. The summed E-state index contributed by atoms with van der Waals surface area (Å²) in [4.78, 5) is 9.76. The minimum atomic E-state index is -0.693. The summed E-state index contributed by atoms with van der Waals surface area (Å²) in [5, 5.41) is 15.0. The molecule has 0 spiro atoms. The molecule has 1 rings (SSSR count). The molecule has 86 valence electrons. The molecule has 0 saturated carbocycles. The molecule has 1 saturated heterocycles. The number of carboxylic acid groups (broad SMARTS) is 1. The van der Waals surface area contributed by atoms with E-state index in [0.29, 0.717) is 6.42 Å². The molecule has 1 aliphatic heterocycles. The number of hydrogen-bond donors (Lipinski definition) is 2. The number of aliphatic carboxylic acids is 1. The molecular formula is C10H22O3S. The molecule has 1 fully saturated rings. The maximum atomic E-state index is 9.76. The smallest absolute Gasteiger partial charge is 0.303 e. The van der Waals surface area contributed by atoms with E-state index in [1.165, 1.54) is 24.3 Å². The van der Waals surface area contributed by atoms with Gasteiger partial charge in [-0.25, -0.2) is 0 Å². The van der Waals surface area contributed by atoms with Gasteiger partial charge in [0.1, 0.15) is 0 Å². The summed E-state index contributed by atoms with van der Waals surface area (Å²) in [6.07, 6.45) is 5.01. The van der Waals surface area contributed by atoms with Gasteiger partial charge in [0.2, 0.25) is 0 Å². The van der Waals surface area contributed by atoms with Crippen LogP contribution in [0.2, 0.25) is 0 Å². The van der Waals surface area contributed by atoms with Crippen LogP contribution in [0.1, 0.15) is 39.0 Å². The van der Waals surface area contributed by atoms with E-state index in [-0.39, 0.29) is 0 Å². The van der Waals surface area contributed by atoms with Crippen LogP contribution in [-0.4, -0.2) is 34.8 Å². The van der Waals surface area contributed by atoms with Gasteiger partial charge in [-0.2, -0.15) is 11.8 Å². The van der Waals surface area contributed by atoms with Crippen LogP contribution in [0.15, 0.2) is 0 Å². The lowest BCUT2D eigenvalue weighted by Gasteiger charge is -1.85. The lowest BCUT2D eigenvalue weighted by molar-refractivity contribution is -0.137. The van der Waals surface area contributed by atoms with Crippen LogP contribution in [0.4, 0.5) is 0 Å². The summed E-state index contributed by atoms with van der Waals surface area (Å²) in [5.41, 5.74) is 0. The van der Waals surface area contributed by atoms with Crippen molar-refractivity contribution in [3.05, 3.63) is 0 Å². The third-order valence-electron chi connectivity index (χ3n) is 1.57. The monoisotopic (exact) mass is 222 g/mol. The van der Waals surface area contributed by atoms with Gasteiger partial charge in [-0.15, -0.1) is 0 Å². The fourth-order valence-corrected chi connectivity index (χ4v) is 1.86. The van der Waals surface area contributed by atoms with E-state index in [2.05, 4.69) is 11.8 Å². The first-order valence-corrected chi connectivity index (χ1v) is 6.17. The second kappa shape index (κ2) is 15.3. The number of carboxylic acids is 1. The summed E-state index contributed by atoms with van der Waals surface area (Å²) < 4.78 is 0. The molecule has 1 heterocycles. The highest BCUT2D eigenvalue weighted by molar-refractivity contribution is 7.99. The number of carbonyl (C=O) groups is 1. The average molecular weight is 222 g/mol. The van der Waals surface area contributed by atoms with Crippen LogP contribution in [-0.2, 0) is 4.79 Å². The fourth-order valence-electron chi connectivity index (χ4n) is 0.838. The van der Waals surface area contributed by atoms with Crippen molar-refractivity contribution < 1.29 is 15.0 Å². The Morgan fingerprint density at radius 3 is 1.93 bits per heavy atom. The van der Waals surface area contributed by atoms with E-state index in [0.717, 1.165) is 20.0 Å².